The lowest BCUT2D eigenvalue weighted by atomic mass is 10.00. The van der Waals surface area contributed by atoms with Gasteiger partial charge >= 0.3 is 0 Å². The Bertz CT molecular complexity index is 315. The predicted octanol–water partition coefficient (Wildman–Crippen LogP) is 1.97. The van der Waals surface area contributed by atoms with E-state index in [2.05, 4.69) is 29.2 Å². The van der Waals surface area contributed by atoms with E-state index >= 15 is 0 Å². The Morgan fingerprint density at radius 2 is 2.25 bits per heavy atom. The lowest BCUT2D eigenvalue weighted by molar-refractivity contribution is 0.373. The Labute approximate surface area is 97.5 Å². The van der Waals surface area contributed by atoms with E-state index < -0.39 is 0 Å². The molecule has 0 aliphatic heterocycles. The predicted molar refractivity (Wildman–Crippen MR) is 64.0 cm³/mol. The molecule has 0 radical (unpaired) electrons. The largest absolute Gasteiger partial charge is 0.307 e. The van der Waals surface area contributed by atoms with Crippen molar-refractivity contribution in [1.29, 1.82) is 0 Å². The number of nitrogens with zero attached hydrogens (tertiary/aromatic N) is 3. The first-order valence-corrected chi connectivity index (χ1v) is 6.41. The van der Waals surface area contributed by atoms with Gasteiger partial charge in [0.25, 0.3) is 0 Å². The summed E-state index contributed by atoms with van der Waals surface area (Å²) < 4.78 is 1.95. The van der Waals surface area contributed by atoms with Gasteiger partial charge in [-0.1, -0.05) is 12.8 Å². The Balaban J connectivity index is 1.82. The molecule has 1 atom stereocenters. The fourth-order valence-electron chi connectivity index (χ4n) is 2.57. The average Bonchev–Trinajstić information content (AvgIpc) is 2.96. The van der Waals surface area contributed by atoms with E-state index in [1.54, 1.807) is 6.33 Å². The fraction of sp³-hybridized carbons (Fsp3) is 0.833. The molecule has 0 bridgehead atoms. The zero-order valence-electron chi connectivity index (χ0n) is 10.3. The Morgan fingerprint density at radius 1 is 1.50 bits per heavy atom. The maximum atomic E-state index is 4.27. The summed E-state index contributed by atoms with van der Waals surface area (Å²) in [5.41, 5.74) is 0. The molecule has 2 rings (SSSR count). The summed E-state index contributed by atoms with van der Waals surface area (Å²) in [6.07, 6.45) is 7.22. The minimum Gasteiger partial charge on any atom is -0.307 e. The molecule has 1 aromatic rings. The molecule has 1 aliphatic carbocycles. The average molecular weight is 222 g/mol. The van der Waals surface area contributed by atoms with Crippen LogP contribution in [-0.2, 0) is 13.1 Å². The Morgan fingerprint density at radius 3 is 2.94 bits per heavy atom. The van der Waals surface area contributed by atoms with E-state index in [0.29, 0.717) is 6.04 Å². The minimum atomic E-state index is 0.601. The second-order valence-corrected chi connectivity index (χ2v) is 4.71. The first-order valence-electron chi connectivity index (χ1n) is 6.41. The third kappa shape index (κ3) is 2.61. The van der Waals surface area contributed by atoms with Crippen molar-refractivity contribution >= 4 is 0 Å². The van der Waals surface area contributed by atoms with Gasteiger partial charge in [-0.15, -0.1) is 0 Å². The van der Waals surface area contributed by atoms with Crippen molar-refractivity contribution in [1.82, 2.24) is 20.1 Å². The van der Waals surface area contributed by atoms with Crippen LogP contribution in [0.3, 0.4) is 0 Å². The molecule has 90 valence electrons. The Hall–Kier alpha value is -0.900. The van der Waals surface area contributed by atoms with Gasteiger partial charge in [-0.2, -0.15) is 5.10 Å². The normalized spacial score (nSPS) is 19.1. The third-order valence-corrected chi connectivity index (χ3v) is 3.68. The monoisotopic (exact) mass is 222 g/mol. The van der Waals surface area contributed by atoms with Crippen LogP contribution in [0.1, 0.15) is 45.4 Å². The molecule has 4 heteroatoms. The highest BCUT2D eigenvalue weighted by molar-refractivity contribution is 4.86. The number of aromatic nitrogens is 3. The summed E-state index contributed by atoms with van der Waals surface area (Å²) in [6.45, 7) is 6.13. The van der Waals surface area contributed by atoms with Crippen LogP contribution in [0.5, 0.6) is 0 Å². The Kier molecular flexibility index (Phi) is 3.93. The summed E-state index contributed by atoms with van der Waals surface area (Å²) >= 11 is 0. The van der Waals surface area contributed by atoms with Crippen LogP contribution in [0.15, 0.2) is 6.33 Å². The van der Waals surface area contributed by atoms with Crippen molar-refractivity contribution in [2.24, 2.45) is 5.92 Å². The van der Waals surface area contributed by atoms with Crippen LogP contribution in [0.25, 0.3) is 0 Å². The van der Waals surface area contributed by atoms with Crippen molar-refractivity contribution in [3.8, 4) is 0 Å². The van der Waals surface area contributed by atoms with Gasteiger partial charge in [-0.05, 0) is 32.6 Å². The van der Waals surface area contributed by atoms with Crippen LogP contribution in [0, 0.1) is 5.92 Å². The molecule has 1 saturated carbocycles. The molecule has 0 spiro atoms. The number of aryl methyl sites for hydroxylation is 1. The fourth-order valence-corrected chi connectivity index (χ4v) is 2.57. The second-order valence-electron chi connectivity index (χ2n) is 4.71. The number of nitrogens with one attached hydrogen (secondary N) is 1. The van der Waals surface area contributed by atoms with Gasteiger partial charge in [0.2, 0.25) is 0 Å². The van der Waals surface area contributed by atoms with E-state index in [1.807, 2.05) is 4.68 Å². The quantitative estimate of drug-likeness (QED) is 0.828. The maximum absolute atomic E-state index is 4.27. The molecule has 1 heterocycles. The molecule has 1 aliphatic rings. The first-order chi connectivity index (χ1) is 7.81. The highest BCUT2D eigenvalue weighted by Crippen LogP contribution is 2.27. The maximum Gasteiger partial charge on any atom is 0.140 e. The van der Waals surface area contributed by atoms with Gasteiger partial charge in [0.15, 0.2) is 0 Å². The molecule has 0 aromatic carbocycles. The standard InChI is InChI=1S/C12H22N4/c1-3-16-12(14-9-15-16)8-13-10(2)11-6-4-5-7-11/h9-11,13H,3-8H2,1-2H3/t10-/m1/s1. The lowest BCUT2D eigenvalue weighted by Gasteiger charge is -2.20. The van der Waals surface area contributed by atoms with Crippen molar-refractivity contribution in [2.75, 3.05) is 0 Å². The summed E-state index contributed by atoms with van der Waals surface area (Å²) in [5, 5.41) is 7.75. The number of hydrogen-bond donors (Lipinski definition) is 1. The highest BCUT2D eigenvalue weighted by Gasteiger charge is 2.21. The summed E-state index contributed by atoms with van der Waals surface area (Å²) in [6, 6.07) is 0.601. The summed E-state index contributed by atoms with van der Waals surface area (Å²) in [5.74, 6) is 1.91. The van der Waals surface area contributed by atoms with Crippen LogP contribution in [-0.4, -0.2) is 20.8 Å². The van der Waals surface area contributed by atoms with E-state index in [4.69, 9.17) is 0 Å². The molecule has 1 aromatic heterocycles. The third-order valence-electron chi connectivity index (χ3n) is 3.68. The summed E-state index contributed by atoms with van der Waals surface area (Å²) in [7, 11) is 0. The molecule has 16 heavy (non-hydrogen) atoms. The molecule has 4 nitrogen and oxygen atoms in total. The van der Waals surface area contributed by atoms with Gasteiger partial charge in [0, 0.05) is 12.6 Å². The summed E-state index contributed by atoms with van der Waals surface area (Å²) in [4.78, 5) is 4.27. The van der Waals surface area contributed by atoms with Gasteiger partial charge in [0.05, 0.1) is 6.54 Å². The second kappa shape index (κ2) is 5.43. The molecule has 0 unspecified atom stereocenters. The SMILES string of the molecule is CCn1ncnc1CN[C@H](C)C1CCCC1. The number of rotatable bonds is 5. The van der Waals surface area contributed by atoms with E-state index in [1.165, 1.54) is 25.7 Å². The topological polar surface area (TPSA) is 42.7 Å². The van der Waals surface area contributed by atoms with Crippen molar-refractivity contribution in [3.63, 3.8) is 0 Å². The molecular weight excluding hydrogens is 200 g/mol. The highest BCUT2D eigenvalue weighted by atomic mass is 15.3. The molecular formula is C12H22N4. The van der Waals surface area contributed by atoms with Crippen molar-refractivity contribution in [3.05, 3.63) is 12.2 Å². The zero-order chi connectivity index (χ0) is 11.4. The smallest absolute Gasteiger partial charge is 0.140 e. The molecule has 1 fully saturated rings. The van der Waals surface area contributed by atoms with E-state index in [0.717, 1.165) is 24.8 Å². The van der Waals surface area contributed by atoms with Crippen molar-refractivity contribution < 1.29 is 0 Å². The lowest BCUT2D eigenvalue weighted by Crippen LogP contribution is -2.32. The van der Waals surface area contributed by atoms with Gasteiger partial charge in [-0.3, -0.25) is 0 Å². The minimum absolute atomic E-state index is 0.601. The van der Waals surface area contributed by atoms with Gasteiger partial charge in [-0.25, -0.2) is 9.67 Å². The molecule has 0 saturated heterocycles. The van der Waals surface area contributed by atoms with E-state index in [-0.39, 0.29) is 0 Å². The molecule has 1 N–H and O–H groups in total. The van der Waals surface area contributed by atoms with Gasteiger partial charge < -0.3 is 5.32 Å². The van der Waals surface area contributed by atoms with Crippen LogP contribution in [0.4, 0.5) is 0 Å². The molecule has 0 amide bonds. The van der Waals surface area contributed by atoms with Crippen molar-refractivity contribution in [2.45, 2.75) is 58.7 Å². The number of hydrogen-bond acceptors (Lipinski definition) is 3. The van der Waals surface area contributed by atoms with Crippen LogP contribution in [0.2, 0.25) is 0 Å². The van der Waals surface area contributed by atoms with E-state index in [9.17, 15) is 0 Å². The van der Waals surface area contributed by atoms with Crippen LogP contribution < -0.4 is 5.32 Å². The van der Waals surface area contributed by atoms with Crippen LogP contribution >= 0.6 is 0 Å². The zero-order valence-corrected chi connectivity index (χ0v) is 10.3. The van der Waals surface area contributed by atoms with Gasteiger partial charge in [0.1, 0.15) is 12.2 Å². The first kappa shape index (κ1) is 11.6.